The lowest BCUT2D eigenvalue weighted by molar-refractivity contribution is -0.122. The van der Waals surface area contributed by atoms with Gasteiger partial charge in [-0.25, -0.2) is 0 Å². The summed E-state index contributed by atoms with van der Waals surface area (Å²) in [4.78, 5) is 13.5. The van der Waals surface area contributed by atoms with E-state index in [1.165, 1.54) is 5.56 Å². The molecule has 0 spiro atoms. The molecular weight excluding hydrogens is 226 g/mol. The van der Waals surface area contributed by atoms with Crippen LogP contribution in [0.1, 0.15) is 12.0 Å². The third-order valence-corrected chi connectivity index (χ3v) is 3.49. The summed E-state index contributed by atoms with van der Waals surface area (Å²) in [5.74, 6) is -0.634. The number of hydrogen-bond donors (Lipinski definition) is 1. The summed E-state index contributed by atoms with van der Waals surface area (Å²) in [6.07, 6.45) is 1.61. The Balaban J connectivity index is 1.97. The number of hydrogen-bond acceptors (Lipinski definition) is 3. The third-order valence-electron chi connectivity index (χ3n) is 3.49. The number of likely N-dealkylation sites (tertiary alicyclic amines) is 1. The van der Waals surface area contributed by atoms with Gasteiger partial charge in [-0.05, 0) is 18.4 Å². The summed E-state index contributed by atoms with van der Waals surface area (Å²) >= 11 is 0. The van der Waals surface area contributed by atoms with E-state index in [2.05, 4.69) is 18.2 Å². The highest BCUT2D eigenvalue weighted by Gasteiger charge is 2.37. The quantitative estimate of drug-likeness (QED) is 0.855. The van der Waals surface area contributed by atoms with Crippen LogP contribution >= 0.6 is 0 Å². The van der Waals surface area contributed by atoms with Gasteiger partial charge in [-0.3, -0.25) is 9.69 Å². The number of nitrogens with two attached hydrogens (primary N) is 1. The second kappa shape index (κ2) is 5.65. The van der Waals surface area contributed by atoms with Crippen molar-refractivity contribution in [3.8, 4) is 6.07 Å². The zero-order valence-corrected chi connectivity index (χ0v) is 10.2. The average molecular weight is 243 g/mol. The van der Waals surface area contributed by atoms with Gasteiger partial charge in [-0.1, -0.05) is 30.3 Å². The first-order valence-electron chi connectivity index (χ1n) is 6.19. The molecule has 1 heterocycles. The van der Waals surface area contributed by atoms with Gasteiger partial charge in [-0.15, -0.1) is 0 Å². The molecule has 2 N–H and O–H groups in total. The lowest BCUT2D eigenvalue weighted by Gasteiger charge is -2.22. The lowest BCUT2D eigenvalue weighted by atomic mass is 10.0. The molecule has 18 heavy (non-hydrogen) atoms. The lowest BCUT2D eigenvalue weighted by Crippen LogP contribution is -2.44. The molecule has 0 aromatic heterocycles. The van der Waals surface area contributed by atoms with Crippen molar-refractivity contribution in [1.82, 2.24) is 4.90 Å². The van der Waals surface area contributed by atoms with Gasteiger partial charge in [0.2, 0.25) is 5.91 Å². The maximum atomic E-state index is 11.4. The Morgan fingerprint density at radius 1 is 1.44 bits per heavy atom. The highest BCUT2D eigenvalue weighted by Crippen LogP contribution is 2.23. The van der Waals surface area contributed by atoms with Crippen LogP contribution in [0.15, 0.2) is 30.3 Å². The Hall–Kier alpha value is -1.86. The number of primary amides is 1. The maximum Gasteiger partial charge on any atom is 0.236 e. The normalized spacial score (nSPS) is 23.7. The molecule has 1 amide bonds. The largest absolute Gasteiger partial charge is 0.368 e. The van der Waals surface area contributed by atoms with E-state index in [1.807, 2.05) is 23.1 Å². The van der Waals surface area contributed by atoms with Crippen molar-refractivity contribution in [2.75, 3.05) is 13.1 Å². The van der Waals surface area contributed by atoms with Crippen LogP contribution in [0.4, 0.5) is 0 Å². The minimum Gasteiger partial charge on any atom is -0.368 e. The highest BCUT2D eigenvalue weighted by atomic mass is 16.1. The summed E-state index contributed by atoms with van der Waals surface area (Å²) in [5.41, 5.74) is 6.63. The van der Waals surface area contributed by atoms with E-state index in [-0.39, 0.29) is 11.8 Å². The molecule has 1 aromatic rings. The van der Waals surface area contributed by atoms with E-state index in [4.69, 9.17) is 11.0 Å². The fourth-order valence-electron chi connectivity index (χ4n) is 2.54. The van der Waals surface area contributed by atoms with E-state index in [9.17, 15) is 4.79 Å². The predicted molar refractivity (Wildman–Crippen MR) is 68.4 cm³/mol. The number of amides is 1. The Kier molecular flexibility index (Phi) is 3.96. The molecule has 0 saturated carbocycles. The molecule has 2 rings (SSSR count). The smallest absolute Gasteiger partial charge is 0.236 e. The van der Waals surface area contributed by atoms with Crippen LogP contribution in [-0.4, -0.2) is 29.9 Å². The van der Waals surface area contributed by atoms with E-state index < -0.39 is 6.04 Å². The van der Waals surface area contributed by atoms with Crippen molar-refractivity contribution in [3.05, 3.63) is 35.9 Å². The van der Waals surface area contributed by atoms with Crippen LogP contribution in [0.25, 0.3) is 0 Å². The topological polar surface area (TPSA) is 70.1 Å². The van der Waals surface area contributed by atoms with E-state index in [1.54, 1.807) is 0 Å². The molecule has 0 radical (unpaired) electrons. The molecule has 4 heteroatoms. The Morgan fingerprint density at radius 2 is 2.17 bits per heavy atom. The molecule has 0 aliphatic carbocycles. The second-order valence-corrected chi connectivity index (χ2v) is 4.64. The molecule has 0 bridgehead atoms. The Morgan fingerprint density at radius 3 is 2.78 bits per heavy atom. The van der Waals surface area contributed by atoms with Gasteiger partial charge in [0.25, 0.3) is 0 Å². The standard InChI is InChI=1S/C14H17N3O/c15-10-12-7-9-17(13(12)14(16)18)8-6-11-4-2-1-3-5-11/h1-5,12-13H,6-9H2,(H2,16,18). The average Bonchev–Trinajstić information content (AvgIpc) is 2.80. The highest BCUT2D eigenvalue weighted by molar-refractivity contribution is 5.81. The minimum absolute atomic E-state index is 0.252. The number of benzene rings is 1. The molecular formula is C14H17N3O. The van der Waals surface area contributed by atoms with Gasteiger partial charge in [-0.2, -0.15) is 5.26 Å². The molecule has 1 aliphatic rings. The summed E-state index contributed by atoms with van der Waals surface area (Å²) in [7, 11) is 0. The van der Waals surface area contributed by atoms with Crippen molar-refractivity contribution in [2.45, 2.75) is 18.9 Å². The van der Waals surface area contributed by atoms with Crippen molar-refractivity contribution in [1.29, 1.82) is 5.26 Å². The van der Waals surface area contributed by atoms with Crippen molar-refractivity contribution in [2.24, 2.45) is 11.7 Å². The maximum absolute atomic E-state index is 11.4. The van der Waals surface area contributed by atoms with Crippen molar-refractivity contribution >= 4 is 5.91 Å². The van der Waals surface area contributed by atoms with Gasteiger partial charge in [0.1, 0.15) is 6.04 Å². The zero-order valence-electron chi connectivity index (χ0n) is 10.2. The molecule has 4 nitrogen and oxygen atoms in total. The number of carbonyl (C=O) groups is 1. The van der Waals surface area contributed by atoms with Gasteiger partial charge >= 0.3 is 0 Å². The van der Waals surface area contributed by atoms with E-state index >= 15 is 0 Å². The summed E-state index contributed by atoms with van der Waals surface area (Å²) in [5, 5.41) is 9.00. The van der Waals surface area contributed by atoms with Crippen molar-refractivity contribution in [3.63, 3.8) is 0 Å². The summed E-state index contributed by atoms with van der Waals surface area (Å²) in [6.45, 7) is 1.55. The molecule has 2 atom stereocenters. The summed E-state index contributed by atoms with van der Waals surface area (Å²) < 4.78 is 0. The van der Waals surface area contributed by atoms with Crippen LogP contribution in [0, 0.1) is 17.2 Å². The van der Waals surface area contributed by atoms with Gasteiger partial charge in [0.15, 0.2) is 0 Å². The SMILES string of the molecule is N#CC1CCN(CCc2ccccc2)C1C(N)=O. The van der Waals surface area contributed by atoms with Crippen LogP contribution in [0.3, 0.4) is 0 Å². The number of carbonyl (C=O) groups excluding carboxylic acids is 1. The molecule has 94 valence electrons. The van der Waals surface area contributed by atoms with Gasteiger partial charge in [0.05, 0.1) is 12.0 Å². The van der Waals surface area contributed by atoms with Crippen LogP contribution < -0.4 is 5.73 Å². The van der Waals surface area contributed by atoms with Crippen LogP contribution in [0.2, 0.25) is 0 Å². The van der Waals surface area contributed by atoms with Gasteiger partial charge < -0.3 is 5.73 Å². The molecule has 1 aliphatic heterocycles. The minimum atomic E-state index is -0.418. The molecule has 2 unspecified atom stereocenters. The third kappa shape index (κ3) is 2.69. The Bertz CT molecular complexity index is 452. The van der Waals surface area contributed by atoms with Crippen LogP contribution in [-0.2, 0) is 11.2 Å². The Labute approximate surface area is 107 Å². The fraction of sp³-hybridized carbons (Fsp3) is 0.429. The first kappa shape index (κ1) is 12.6. The molecule has 1 aromatic carbocycles. The number of nitrogens with zero attached hydrogens (tertiary/aromatic N) is 2. The number of nitriles is 1. The fourth-order valence-corrected chi connectivity index (χ4v) is 2.54. The molecule has 1 fully saturated rings. The van der Waals surface area contributed by atoms with E-state index in [0.29, 0.717) is 0 Å². The molecule has 1 saturated heterocycles. The monoisotopic (exact) mass is 243 g/mol. The zero-order chi connectivity index (χ0) is 13.0. The predicted octanol–water partition coefficient (Wildman–Crippen LogP) is 0.928. The second-order valence-electron chi connectivity index (χ2n) is 4.64. The van der Waals surface area contributed by atoms with E-state index in [0.717, 1.165) is 25.9 Å². The first-order valence-corrected chi connectivity index (χ1v) is 6.19. The summed E-state index contributed by atoms with van der Waals surface area (Å²) in [6, 6.07) is 11.9. The van der Waals surface area contributed by atoms with Gasteiger partial charge in [0, 0.05) is 13.1 Å². The van der Waals surface area contributed by atoms with Crippen molar-refractivity contribution < 1.29 is 4.79 Å². The number of rotatable bonds is 4. The van der Waals surface area contributed by atoms with Crippen LogP contribution in [0.5, 0.6) is 0 Å². The first-order chi connectivity index (χ1) is 8.72.